The van der Waals surface area contributed by atoms with Gasteiger partial charge in [0.1, 0.15) is 24.1 Å². The fourth-order valence-electron chi connectivity index (χ4n) is 4.15. The number of carbonyl (C=O) groups excluding carboxylic acids is 2. The number of nitrogens with zero attached hydrogens (tertiary/aromatic N) is 1. The van der Waals surface area contributed by atoms with E-state index in [2.05, 4.69) is 5.43 Å². The van der Waals surface area contributed by atoms with Crippen molar-refractivity contribution in [2.75, 3.05) is 0 Å². The Bertz CT molecular complexity index is 1240. The lowest BCUT2D eigenvalue weighted by Crippen LogP contribution is -2.61. The molecule has 0 bridgehead atoms. The monoisotopic (exact) mass is 546 g/mol. The van der Waals surface area contributed by atoms with E-state index < -0.39 is 54.0 Å². The van der Waals surface area contributed by atoms with Crippen LogP contribution >= 0.6 is 0 Å². The Morgan fingerprint density at radius 1 is 1.03 bits per heavy atom. The molecule has 0 aromatic heterocycles. The summed E-state index contributed by atoms with van der Waals surface area (Å²) in [5.74, 6) is -2.66. The van der Waals surface area contributed by atoms with Crippen molar-refractivity contribution >= 4 is 17.8 Å². The molecule has 0 saturated carbocycles. The highest BCUT2D eigenvalue weighted by Gasteiger charge is 2.48. The zero-order valence-electron chi connectivity index (χ0n) is 22.3. The topological polar surface area (TPSA) is 186 Å². The molecule has 0 aliphatic carbocycles. The normalized spacial score (nSPS) is 23.2. The van der Waals surface area contributed by atoms with Crippen molar-refractivity contribution in [1.82, 2.24) is 10.4 Å². The van der Waals surface area contributed by atoms with Gasteiger partial charge >= 0.3 is 5.97 Å². The maximum absolute atomic E-state index is 13.4. The molecule has 12 nitrogen and oxygen atoms in total. The highest BCUT2D eigenvalue weighted by atomic mass is 16.7. The molecular weight excluding hydrogens is 512 g/mol. The molecule has 1 aliphatic heterocycles. The van der Waals surface area contributed by atoms with Gasteiger partial charge in [-0.25, -0.2) is 9.80 Å². The molecule has 2 amide bonds. The third-order valence-corrected chi connectivity index (χ3v) is 6.24. The van der Waals surface area contributed by atoms with Crippen molar-refractivity contribution in [2.24, 2.45) is 0 Å². The van der Waals surface area contributed by atoms with E-state index in [0.717, 1.165) is 5.56 Å². The maximum Gasteiger partial charge on any atom is 0.335 e. The van der Waals surface area contributed by atoms with Gasteiger partial charge in [-0.3, -0.25) is 15.0 Å². The number of amides is 2. The second-order valence-electron chi connectivity index (χ2n) is 10.4. The van der Waals surface area contributed by atoms with Gasteiger partial charge in [-0.05, 0) is 70.0 Å². The second-order valence-corrected chi connectivity index (χ2v) is 10.4. The number of carbonyl (C=O) groups is 3. The number of hydrogen-bond acceptors (Lipinski definition) is 9. The van der Waals surface area contributed by atoms with E-state index in [1.807, 2.05) is 0 Å². The van der Waals surface area contributed by atoms with Crippen LogP contribution in [0.15, 0.2) is 36.4 Å². The Morgan fingerprint density at radius 2 is 1.69 bits per heavy atom. The molecule has 5 atom stereocenters. The average Bonchev–Trinajstić information content (AvgIpc) is 2.86. The van der Waals surface area contributed by atoms with E-state index in [0.29, 0.717) is 5.56 Å². The molecular formula is C27H34N2O10. The molecule has 0 radical (unpaired) electrons. The number of aliphatic carboxylic acids is 1. The van der Waals surface area contributed by atoms with E-state index in [1.54, 1.807) is 45.9 Å². The summed E-state index contributed by atoms with van der Waals surface area (Å²) in [6.07, 6.45) is -9.01. The Balaban J connectivity index is 1.87. The van der Waals surface area contributed by atoms with Crippen molar-refractivity contribution in [3.05, 3.63) is 64.2 Å². The summed E-state index contributed by atoms with van der Waals surface area (Å²) in [6.45, 7) is 8.29. The minimum Gasteiger partial charge on any atom is -0.479 e. The first-order valence-electron chi connectivity index (χ1n) is 12.2. The van der Waals surface area contributed by atoms with Crippen molar-refractivity contribution in [3.8, 4) is 5.75 Å². The Labute approximate surface area is 225 Å². The molecule has 6 N–H and O–H groups in total. The van der Waals surface area contributed by atoms with Crippen molar-refractivity contribution < 1.29 is 49.4 Å². The fourth-order valence-corrected chi connectivity index (χ4v) is 4.15. The second kappa shape index (κ2) is 11.7. The predicted molar refractivity (Wildman–Crippen MR) is 137 cm³/mol. The summed E-state index contributed by atoms with van der Waals surface area (Å²) >= 11 is 0. The predicted octanol–water partition coefficient (Wildman–Crippen LogP) is 0.652. The van der Waals surface area contributed by atoms with E-state index in [1.165, 1.54) is 30.1 Å². The summed E-state index contributed by atoms with van der Waals surface area (Å²) in [7, 11) is 0. The smallest absolute Gasteiger partial charge is 0.335 e. The maximum atomic E-state index is 13.4. The number of rotatable bonds is 6. The lowest BCUT2D eigenvalue weighted by molar-refractivity contribution is -0.271. The summed E-state index contributed by atoms with van der Waals surface area (Å²) in [6, 6.07) is 9.35. The number of hydrogen-bond donors (Lipinski definition) is 6. The van der Waals surface area contributed by atoms with E-state index in [4.69, 9.17) is 9.47 Å². The largest absolute Gasteiger partial charge is 0.479 e. The molecule has 1 fully saturated rings. The molecule has 3 rings (SSSR count). The molecule has 0 spiro atoms. The van der Waals surface area contributed by atoms with Gasteiger partial charge in [-0.2, -0.15) is 0 Å². The van der Waals surface area contributed by atoms with Gasteiger partial charge in [0.15, 0.2) is 6.10 Å². The minimum absolute atomic E-state index is 0.0411. The number of benzene rings is 2. The standard InChI is InChI=1S/C27H34N2O10/c1-13-9-15(12-30)11-16(10-13)24(35)29(27(3,4)5)28-23(34)17-7-6-8-18(14(17)2)38-26-21(33)19(31)20(32)22(39-26)25(36)37/h6-11,19-22,26,30-33H,12H2,1-5H3,(H,28,34)(H,36,37)/t19-,20-,21+,22-,26+/m0/s1. The van der Waals surface area contributed by atoms with E-state index in [9.17, 15) is 39.9 Å². The third-order valence-electron chi connectivity index (χ3n) is 6.24. The molecule has 0 unspecified atom stereocenters. The van der Waals surface area contributed by atoms with Gasteiger partial charge in [0, 0.05) is 16.7 Å². The Hall–Kier alpha value is -3.55. The summed E-state index contributed by atoms with van der Waals surface area (Å²) in [4.78, 5) is 38.2. The van der Waals surface area contributed by atoms with Crippen LogP contribution in [0, 0.1) is 13.8 Å². The van der Waals surface area contributed by atoms with Crippen LogP contribution in [0.1, 0.15) is 58.2 Å². The van der Waals surface area contributed by atoms with Gasteiger partial charge in [-0.1, -0.05) is 12.1 Å². The number of aliphatic hydroxyl groups is 4. The lowest BCUT2D eigenvalue weighted by atomic mass is 9.99. The van der Waals surface area contributed by atoms with Crippen LogP contribution in [0.4, 0.5) is 0 Å². The van der Waals surface area contributed by atoms with Crippen LogP contribution in [0.25, 0.3) is 0 Å². The Kier molecular flexibility index (Phi) is 8.98. The minimum atomic E-state index is -1.88. The summed E-state index contributed by atoms with van der Waals surface area (Å²) < 4.78 is 10.8. The van der Waals surface area contributed by atoms with Crippen molar-refractivity contribution in [1.29, 1.82) is 0 Å². The van der Waals surface area contributed by atoms with E-state index >= 15 is 0 Å². The highest BCUT2D eigenvalue weighted by Crippen LogP contribution is 2.28. The first kappa shape index (κ1) is 30.0. The van der Waals surface area contributed by atoms with Crippen LogP contribution in [-0.4, -0.2) is 84.6 Å². The first-order valence-corrected chi connectivity index (χ1v) is 12.2. The molecule has 2 aromatic carbocycles. The van der Waals surface area contributed by atoms with Crippen LogP contribution in [-0.2, 0) is 16.1 Å². The molecule has 1 heterocycles. The summed E-state index contributed by atoms with van der Waals surface area (Å²) in [5.41, 5.74) is 3.77. The van der Waals surface area contributed by atoms with Crippen molar-refractivity contribution in [3.63, 3.8) is 0 Å². The van der Waals surface area contributed by atoms with Crippen LogP contribution in [0.2, 0.25) is 0 Å². The molecule has 39 heavy (non-hydrogen) atoms. The number of carboxylic acid groups (broad SMARTS) is 1. The molecule has 1 saturated heterocycles. The van der Waals surface area contributed by atoms with Crippen LogP contribution in [0.5, 0.6) is 5.75 Å². The van der Waals surface area contributed by atoms with E-state index in [-0.39, 0.29) is 29.0 Å². The number of aryl methyl sites for hydroxylation is 1. The van der Waals surface area contributed by atoms with Crippen molar-refractivity contribution in [2.45, 2.75) is 77.5 Å². The quantitative estimate of drug-likeness (QED) is 0.281. The number of hydrazine groups is 1. The Morgan fingerprint density at radius 3 is 2.28 bits per heavy atom. The zero-order valence-corrected chi connectivity index (χ0v) is 22.3. The van der Waals surface area contributed by atoms with Gasteiger partial charge in [0.2, 0.25) is 6.29 Å². The molecule has 212 valence electrons. The average molecular weight is 547 g/mol. The van der Waals surface area contributed by atoms with Crippen LogP contribution in [0.3, 0.4) is 0 Å². The summed E-state index contributed by atoms with van der Waals surface area (Å²) in [5, 5.41) is 50.2. The fraction of sp³-hybridized carbons (Fsp3) is 0.444. The highest BCUT2D eigenvalue weighted by molar-refractivity contribution is 6.00. The molecule has 12 heteroatoms. The van der Waals surface area contributed by atoms with Crippen LogP contribution < -0.4 is 10.2 Å². The molecule has 2 aromatic rings. The number of nitrogens with one attached hydrogen (secondary N) is 1. The number of carboxylic acids is 1. The SMILES string of the molecule is Cc1cc(CO)cc(C(=O)N(NC(=O)c2cccc(O[C@@H]3O[C@H](C(=O)O)[C@@H](O)[C@H](O)[C@H]3O)c2C)C(C)(C)C)c1. The van der Waals surface area contributed by atoms with Gasteiger partial charge in [0.25, 0.3) is 11.8 Å². The number of ether oxygens (including phenoxy) is 2. The number of aliphatic hydroxyl groups excluding tert-OH is 4. The van der Waals surface area contributed by atoms with Gasteiger partial charge in [-0.15, -0.1) is 0 Å². The lowest BCUT2D eigenvalue weighted by Gasteiger charge is -2.38. The zero-order chi connectivity index (χ0) is 29.2. The third kappa shape index (κ3) is 6.54. The molecule has 1 aliphatic rings. The first-order chi connectivity index (χ1) is 18.1. The van der Waals surface area contributed by atoms with Gasteiger partial charge < -0.3 is 35.0 Å². The van der Waals surface area contributed by atoms with Gasteiger partial charge in [0.05, 0.1) is 12.1 Å².